The van der Waals surface area contributed by atoms with Crippen molar-refractivity contribution in [3.05, 3.63) is 81.5 Å². The standard InChI is InChI=1S/C24H27N3O3S2/c1-26(2)14-11-18-7-9-21(10-8-18)25-24(28)23-22(13-16-31-23)32(29,30)27-15-12-19-5-3-4-6-20(19)17-27/h3-10,13,16H,11-12,14-15,17H2,1-2H3,(H,25,28). The molecule has 0 aliphatic carbocycles. The van der Waals surface area contributed by atoms with E-state index in [4.69, 9.17) is 0 Å². The van der Waals surface area contributed by atoms with Crippen LogP contribution >= 0.6 is 11.3 Å². The lowest BCUT2D eigenvalue weighted by Crippen LogP contribution is -2.36. The van der Waals surface area contributed by atoms with E-state index in [0.29, 0.717) is 25.2 Å². The highest BCUT2D eigenvalue weighted by molar-refractivity contribution is 7.89. The molecule has 0 radical (unpaired) electrons. The van der Waals surface area contributed by atoms with Gasteiger partial charge in [-0.25, -0.2) is 8.42 Å². The zero-order valence-electron chi connectivity index (χ0n) is 18.2. The van der Waals surface area contributed by atoms with Crippen molar-refractivity contribution in [3.63, 3.8) is 0 Å². The summed E-state index contributed by atoms with van der Waals surface area (Å²) in [7, 11) is 0.290. The van der Waals surface area contributed by atoms with Gasteiger partial charge in [-0.15, -0.1) is 11.3 Å². The second-order valence-corrected chi connectivity index (χ2v) is 11.0. The van der Waals surface area contributed by atoms with Crippen molar-refractivity contribution in [2.75, 3.05) is 32.5 Å². The van der Waals surface area contributed by atoms with Gasteiger partial charge in [-0.1, -0.05) is 36.4 Å². The first-order valence-corrected chi connectivity index (χ1v) is 12.9. The molecule has 6 nitrogen and oxygen atoms in total. The Bertz CT molecular complexity index is 1200. The van der Waals surface area contributed by atoms with Crippen LogP contribution in [-0.4, -0.2) is 50.7 Å². The van der Waals surface area contributed by atoms with Crippen molar-refractivity contribution in [2.24, 2.45) is 0 Å². The fourth-order valence-electron chi connectivity index (χ4n) is 3.78. The number of nitrogens with zero attached hydrogens (tertiary/aromatic N) is 2. The number of benzene rings is 2. The van der Waals surface area contributed by atoms with Crippen molar-refractivity contribution < 1.29 is 13.2 Å². The SMILES string of the molecule is CN(C)CCc1ccc(NC(=O)c2sccc2S(=O)(=O)N2CCc3ccccc3C2)cc1. The molecule has 2 aromatic carbocycles. The summed E-state index contributed by atoms with van der Waals surface area (Å²) in [5.41, 5.74) is 4.02. The number of amides is 1. The Kier molecular flexibility index (Phi) is 6.76. The smallest absolute Gasteiger partial charge is 0.267 e. The number of hydrogen-bond acceptors (Lipinski definition) is 5. The molecule has 2 heterocycles. The Labute approximate surface area is 193 Å². The Morgan fingerprint density at radius 3 is 2.50 bits per heavy atom. The Balaban J connectivity index is 1.49. The van der Waals surface area contributed by atoms with Crippen molar-refractivity contribution in [1.29, 1.82) is 0 Å². The van der Waals surface area contributed by atoms with Gasteiger partial charge in [0.15, 0.2) is 0 Å². The predicted octanol–water partition coefficient (Wildman–Crippen LogP) is 3.85. The van der Waals surface area contributed by atoms with Crippen LogP contribution in [0.25, 0.3) is 0 Å². The van der Waals surface area contributed by atoms with Gasteiger partial charge in [0.05, 0.1) is 0 Å². The maximum absolute atomic E-state index is 13.4. The number of nitrogens with one attached hydrogen (secondary N) is 1. The van der Waals surface area contributed by atoms with Crippen LogP contribution in [0.2, 0.25) is 0 Å². The number of rotatable bonds is 7. The molecule has 168 valence electrons. The average molecular weight is 470 g/mol. The van der Waals surface area contributed by atoms with E-state index in [1.165, 1.54) is 21.5 Å². The molecule has 3 aromatic rings. The van der Waals surface area contributed by atoms with Gasteiger partial charge in [0.2, 0.25) is 10.0 Å². The van der Waals surface area contributed by atoms with Crippen LogP contribution in [0.3, 0.4) is 0 Å². The van der Waals surface area contributed by atoms with Gasteiger partial charge in [0.1, 0.15) is 9.77 Å². The first kappa shape index (κ1) is 22.7. The number of hydrogen-bond donors (Lipinski definition) is 1. The normalized spacial score (nSPS) is 14.3. The maximum Gasteiger partial charge on any atom is 0.267 e. The van der Waals surface area contributed by atoms with Crippen molar-refractivity contribution in [3.8, 4) is 0 Å². The van der Waals surface area contributed by atoms with Crippen molar-refractivity contribution in [1.82, 2.24) is 9.21 Å². The highest BCUT2D eigenvalue weighted by Gasteiger charge is 2.32. The van der Waals surface area contributed by atoms with Gasteiger partial charge in [0, 0.05) is 25.3 Å². The minimum Gasteiger partial charge on any atom is -0.321 e. The second kappa shape index (κ2) is 9.54. The molecule has 0 saturated carbocycles. The van der Waals surface area contributed by atoms with Crippen molar-refractivity contribution in [2.45, 2.75) is 24.3 Å². The number of carbonyl (C=O) groups is 1. The van der Waals surface area contributed by atoms with E-state index in [9.17, 15) is 13.2 Å². The number of carbonyl (C=O) groups excluding carboxylic acids is 1. The number of thiophene rings is 1. The summed E-state index contributed by atoms with van der Waals surface area (Å²) >= 11 is 1.14. The molecule has 8 heteroatoms. The fourth-order valence-corrected chi connectivity index (χ4v) is 6.49. The lowest BCUT2D eigenvalue weighted by molar-refractivity contribution is 0.102. The average Bonchev–Trinajstić information content (AvgIpc) is 3.29. The molecule has 4 rings (SSSR count). The molecule has 32 heavy (non-hydrogen) atoms. The van der Waals surface area contributed by atoms with Gasteiger partial charge >= 0.3 is 0 Å². The number of sulfonamides is 1. The third-order valence-electron chi connectivity index (χ3n) is 5.61. The zero-order chi connectivity index (χ0) is 22.7. The number of fused-ring (bicyclic) bond motifs is 1. The molecule has 1 amide bonds. The highest BCUT2D eigenvalue weighted by atomic mass is 32.2. The summed E-state index contributed by atoms with van der Waals surface area (Å²) in [6, 6.07) is 17.1. The summed E-state index contributed by atoms with van der Waals surface area (Å²) in [6.07, 6.45) is 1.59. The summed E-state index contributed by atoms with van der Waals surface area (Å²) < 4.78 is 28.2. The minimum absolute atomic E-state index is 0.0713. The third kappa shape index (κ3) is 4.94. The van der Waals surface area contributed by atoms with Gasteiger partial charge in [-0.2, -0.15) is 4.31 Å². The van der Waals surface area contributed by atoms with Crippen LogP contribution in [-0.2, 0) is 29.4 Å². The molecular formula is C24H27N3O3S2. The van der Waals surface area contributed by atoms with E-state index in [1.807, 2.05) is 62.6 Å². The Morgan fingerprint density at radius 1 is 1.06 bits per heavy atom. The lowest BCUT2D eigenvalue weighted by Gasteiger charge is -2.28. The van der Waals surface area contributed by atoms with Gasteiger partial charge in [-0.05, 0) is 67.2 Å². The largest absolute Gasteiger partial charge is 0.321 e. The highest BCUT2D eigenvalue weighted by Crippen LogP contribution is 2.30. The Morgan fingerprint density at radius 2 is 1.78 bits per heavy atom. The molecule has 0 saturated heterocycles. The maximum atomic E-state index is 13.4. The minimum atomic E-state index is -3.77. The molecule has 0 fully saturated rings. The van der Waals surface area contributed by atoms with E-state index in [-0.39, 0.29) is 9.77 Å². The second-order valence-electron chi connectivity index (χ2n) is 8.18. The first-order chi connectivity index (χ1) is 15.3. The molecule has 0 unspecified atom stereocenters. The van der Waals surface area contributed by atoms with Crippen LogP contribution in [0, 0.1) is 0 Å². The fraction of sp³-hybridized carbons (Fsp3) is 0.292. The topological polar surface area (TPSA) is 69.7 Å². The monoisotopic (exact) mass is 469 g/mol. The quantitative estimate of drug-likeness (QED) is 0.571. The summed E-state index contributed by atoms with van der Waals surface area (Å²) in [4.78, 5) is 15.3. The van der Waals surface area contributed by atoms with Gasteiger partial charge in [-0.3, -0.25) is 4.79 Å². The molecule has 1 aliphatic rings. The molecule has 1 aliphatic heterocycles. The molecule has 0 spiro atoms. The lowest BCUT2D eigenvalue weighted by atomic mass is 10.0. The summed E-state index contributed by atoms with van der Waals surface area (Å²) in [5.74, 6) is -0.406. The van der Waals surface area contributed by atoms with E-state index in [2.05, 4.69) is 10.2 Å². The molecule has 1 aromatic heterocycles. The number of anilines is 1. The van der Waals surface area contributed by atoms with E-state index >= 15 is 0 Å². The third-order valence-corrected chi connectivity index (χ3v) is 8.54. The molecular weight excluding hydrogens is 442 g/mol. The first-order valence-electron chi connectivity index (χ1n) is 10.5. The summed E-state index contributed by atoms with van der Waals surface area (Å²) in [6.45, 7) is 1.68. The van der Waals surface area contributed by atoms with Gasteiger partial charge < -0.3 is 10.2 Å². The molecule has 1 N–H and O–H groups in total. The summed E-state index contributed by atoms with van der Waals surface area (Å²) in [5, 5.41) is 4.50. The van der Waals surface area contributed by atoms with Crippen LogP contribution in [0.15, 0.2) is 64.9 Å². The van der Waals surface area contributed by atoms with Crippen LogP contribution in [0.5, 0.6) is 0 Å². The number of likely N-dealkylation sites (N-methyl/N-ethyl adjacent to an activating group) is 1. The van der Waals surface area contributed by atoms with Crippen LogP contribution in [0.1, 0.15) is 26.4 Å². The van der Waals surface area contributed by atoms with E-state index in [0.717, 1.165) is 29.9 Å². The molecule has 0 atom stereocenters. The van der Waals surface area contributed by atoms with Crippen molar-refractivity contribution >= 4 is 33.0 Å². The zero-order valence-corrected chi connectivity index (χ0v) is 19.9. The van der Waals surface area contributed by atoms with Crippen LogP contribution < -0.4 is 5.32 Å². The predicted molar refractivity (Wildman–Crippen MR) is 129 cm³/mol. The van der Waals surface area contributed by atoms with E-state index in [1.54, 1.807) is 5.38 Å². The van der Waals surface area contributed by atoms with Gasteiger partial charge in [0.25, 0.3) is 5.91 Å². The molecule has 0 bridgehead atoms. The van der Waals surface area contributed by atoms with E-state index < -0.39 is 15.9 Å². The Hall–Kier alpha value is -2.52. The van der Waals surface area contributed by atoms with Crippen LogP contribution in [0.4, 0.5) is 5.69 Å².